The van der Waals surface area contributed by atoms with E-state index in [0.29, 0.717) is 24.0 Å². The van der Waals surface area contributed by atoms with Crippen molar-refractivity contribution in [2.75, 3.05) is 6.54 Å². The first-order chi connectivity index (χ1) is 16.5. The third kappa shape index (κ3) is 2.88. The normalized spacial score (nSPS) is 55.2. The molecule has 0 bridgehead atoms. The molecular formula is C29H43NO5. The number of allylic oxidation sites excluding steroid dienone is 1. The molecule has 0 aromatic carbocycles. The molecule has 12 unspecified atom stereocenters. The third-order valence-corrected chi connectivity index (χ3v) is 11.9. The van der Waals surface area contributed by atoms with E-state index in [2.05, 4.69) is 38.7 Å². The number of carbonyl (C=O) groups excluding carboxylic acids is 2. The second-order valence-corrected chi connectivity index (χ2v) is 13.5. The number of fused-ring (bicyclic) bond motifs is 9. The van der Waals surface area contributed by atoms with Gasteiger partial charge in [-0.3, -0.25) is 14.5 Å². The Labute approximate surface area is 209 Å². The predicted octanol–water partition coefficient (Wildman–Crippen LogP) is 3.49. The van der Waals surface area contributed by atoms with Gasteiger partial charge in [-0.25, -0.2) is 0 Å². The van der Waals surface area contributed by atoms with Crippen LogP contribution < -0.4 is 0 Å². The quantitative estimate of drug-likeness (QED) is 0.437. The minimum absolute atomic E-state index is 0.0311. The number of hydrogen-bond acceptors (Lipinski definition) is 6. The van der Waals surface area contributed by atoms with Crippen LogP contribution in [0.3, 0.4) is 0 Å². The van der Waals surface area contributed by atoms with Crippen molar-refractivity contribution in [2.24, 2.45) is 40.9 Å². The van der Waals surface area contributed by atoms with Gasteiger partial charge < -0.3 is 14.9 Å². The molecule has 12 atom stereocenters. The Bertz CT molecular complexity index is 978. The molecule has 0 spiro atoms. The van der Waals surface area contributed by atoms with E-state index in [1.165, 1.54) is 12.5 Å². The summed E-state index contributed by atoms with van der Waals surface area (Å²) >= 11 is 0. The molecule has 2 N–H and O–H groups in total. The number of ether oxygens (including phenoxy) is 1. The van der Waals surface area contributed by atoms with Gasteiger partial charge in [-0.1, -0.05) is 32.4 Å². The number of carbonyl (C=O) groups is 2. The Morgan fingerprint density at radius 1 is 1.11 bits per heavy atom. The van der Waals surface area contributed by atoms with E-state index in [1.807, 2.05) is 0 Å². The zero-order valence-corrected chi connectivity index (χ0v) is 22.0. The number of aliphatic hydroxyl groups is 2. The van der Waals surface area contributed by atoms with Gasteiger partial charge in [-0.2, -0.15) is 0 Å². The Morgan fingerprint density at radius 2 is 1.86 bits per heavy atom. The number of Topliss-reactive ketones (excluding diaryl/α,β-unsaturated/α-hetero) is 1. The lowest BCUT2D eigenvalue weighted by Gasteiger charge is -2.57. The topological polar surface area (TPSA) is 87.1 Å². The van der Waals surface area contributed by atoms with Crippen LogP contribution in [0.5, 0.6) is 0 Å². The summed E-state index contributed by atoms with van der Waals surface area (Å²) in [7, 11) is 0. The zero-order valence-electron chi connectivity index (χ0n) is 22.0. The van der Waals surface area contributed by atoms with E-state index < -0.39 is 17.2 Å². The smallest absolute Gasteiger partial charge is 0.303 e. The first kappa shape index (κ1) is 24.1. The van der Waals surface area contributed by atoms with Gasteiger partial charge in [-0.15, -0.1) is 0 Å². The maximum Gasteiger partial charge on any atom is 0.303 e. The fourth-order valence-corrected chi connectivity index (χ4v) is 10.6. The first-order valence-electron chi connectivity index (χ1n) is 14.0. The molecule has 0 aromatic heterocycles. The maximum absolute atomic E-state index is 14.7. The summed E-state index contributed by atoms with van der Waals surface area (Å²) in [4.78, 5) is 29.7. The van der Waals surface area contributed by atoms with Crippen LogP contribution in [0, 0.1) is 40.9 Å². The van der Waals surface area contributed by atoms with Gasteiger partial charge >= 0.3 is 5.97 Å². The van der Waals surface area contributed by atoms with Crippen molar-refractivity contribution in [2.45, 2.75) is 109 Å². The van der Waals surface area contributed by atoms with Crippen LogP contribution in [0.4, 0.5) is 0 Å². The van der Waals surface area contributed by atoms with E-state index >= 15 is 0 Å². The van der Waals surface area contributed by atoms with Crippen molar-refractivity contribution in [3.63, 3.8) is 0 Å². The first-order valence-corrected chi connectivity index (χ1v) is 14.0. The summed E-state index contributed by atoms with van der Waals surface area (Å²) in [5.74, 6) is 0.692. The summed E-state index contributed by atoms with van der Waals surface area (Å²) in [5.41, 5.74) is -0.296. The van der Waals surface area contributed by atoms with E-state index in [1.54, 1.807) is 0 Å². The van der Waals surface area contributed by atoms with Gasteiger partial charge in [0.05, 0.1) is 17.7 Å². The Hall–Kier alpha value is -1.24. The van der Waals surface area contributed by atoms with Gasteiger partial charge in [0.2, 0.25) is 0 Å². The van der Waals surface area contributed by atoms with Crippen LogP contribution in [0.1, 0.15) is 79.6 Å². The Kier molecular flexibility index (Phi) is 5.27. The molecule has 3 saturated carbocycles. The average Bonchev–Trinajstić information content (AvgIpc) is 3.17. The van der Waals surface area contributed by atoms with Gasteiger partial charge in [0.1, 0.15) is 11.4 Å². The molecule has 194 valence electrons. The highest BCUT2D eigenvalue weighted by Crippen LogP contribution is 2.69. The number of hydrogen-bond donors (Lipinski definition) is 2. The van der Waals surface area contributed by atoms with Crippen molar-refractivity contribution in [1.82, 2.24) is 4.90 Å². The maximum atomic E-state index is 14.7. The number of esters is 1. The third-order valence-electron chi connectivity index (χ3n) is 11.9. The summed E-state index contributed by atoms with van der Waals surface area (Å²) < 4.78 is 6.36. The summed E-state index contributed by atoms with van der Waals surface area (Å²) in [6.45, 7) is 11.1. The van der Waals surface area contributed by atoms with Gasteiger partial charge in [0.15, 0.2) is 0 Å². The van der Waals surface area contributed by atoms with Crippen LogP contribution in [-0.4, -0.2) is 62.8 Å². The fourth-order valence-electron chi connectivity index (χ4n) is 10.6. The van der Waals surface area contributed by atoms with Crippen LogP contribution >= 0.6 is 0 Å². The molecule has 2 heterocycles. The molecule has 5 fully saturated rings. The number of aliphatic hydroxyl groups excluding tert-OH is 2. The molecule has 0 aromatic rings. The van der Waals surface area contributed by atoms with Gasteiger partial charge in [0.25, 0.3) is 0 Å². The Balaban J connectivity index is 1.48. The highest BCUT2D eigenvalue weighted by molar-refractivity contribution is 5.90. The SMILES string of the molecule is CC(=O)OC12CCC3C4CC=C5CC(O)CCC5(C)C4C(=O)C3C1(C)N1CC(C)CC(O)C1C2C. The van der Waals surface area contributed by atoms with Crippen LogP contribution in [0.25, 0.3) is 0 Å². The largest absolute Gasteiger partial charge is 0.457 e. The lowest BCUT2D eigenvalue weighted by Crippen LogP contribution is -2.69. The minimum atomic E-state index is -0.765. The standard InChI is InChI=1S/C29H43NO5/c1-15-12-22(33)25-16(2)29(35-17(3)31)11-9-21-20-7-6-18-13-19(32)8-10-27(18,4)23(20)26(34)24(21)28(29,5)30(25)14-15/h6,15-16,19-25,32-33H,7-14H2,1-5H3. The lowest BCUT2D eigenvalue weighted by molar-refractivity contribution is -0.194. The van der Waals surface area contributed by atoms with Crippen molar-refractivity contribution >= 4 is 11.8 Å². The number of piperidine rings is 1. The summed E-state index contributed by atoms with van der Waals surface area (Å²) in [6.07, 6.45) is 7.16. The molecule has 2 aliphatic heterocycles. The van der Waals surface area contributed by atoms with Crippen molar-refractivity contribution in [1.29, 1.82) is 0 Å². The van der Waals surface area contributed by atoms with Crippen LogP contribution in [-0.2, 0) is 14.3 Å². The molecule has 4 aliphatic carbocycles. The van der Waals surface area contributed by atoms with E-state index in [4.69, 9.17) is 4.74 Å². The monoisotopic (exact) mass is 485 g/mol. The second-order valence-electron chi connectivity index (χ2n) is 13.5. The molecule has 0 radical (unpaired) electrons. The lowest BCUT2D eigenvalue weighted by atomic mass is 9.56. The van der Waals surface area contributed by atoms with E-state index in [9.17, 15) is 19.8 Å². The molecule has 35 heavy (non-hydrogen) atoms. The summed E-state index contributed by atoms with van der Waals surface area (Å²) in [6, 6.07) is -0.0983. The molecule has 2 saturated heterocycles. The minimum Gasteiger partial charge on any atom is -0.457 e. The van der Waals surface area contributed by atoms with E-state index in [-0.39, 0.29) is 47.2 Å². The number of rotatable bonds is 1. The molecule has 6 aliphatic rings. The van der Waals surface area contributed by atoms with Crippen LogP contribution in [0.15, 0.2) is 11.6 Å². The van der Waals surface area contributed by atoms with E-state index in [0.717, 1.165) is 45.1 Å². The molecule has 6 rings (SSSR count). The fraction of sp³-hybridized carbons (Fsp3) is 0.862. The predicted molar refractivity (Wildman–Crippen MR) is 131 cm³/mol. The molecule has 6 heteroatoms. The van der Waals surface area contributed by atoms with Crippen LogP contribution in [0.2, 0.25) is 0 Å². The number of nitrogens with zero attached hydrogens (tertiary/aromatic N) is 1. The molecule has 6 nitrogen and oxygen atoms in total. The summed E-state index contributed by atoms with van der Waals surface area (Å²) in [5, 5.41) is 21.6. The number of ketones is 1. The van der Waals surface area contributed by atoms with Crippen molar-refractivity contribution in [3.8, 4) is 0 Å². The highest BCUT2D eigenvalue weighted by atomic mass is 16.6. The zero-order chi connectivity index (χ0) is 25.1. The van der Waals surface area contributed by atoms with Gasteiger partial charge in [0, 0.05) is 37.3 Å². The Morgan fingerprint density at radius 3 is 2.57 bits per heavy atom. The van der Waals surface area contributed by atoms with Crippen molar-refractivity contribution < 1.29 is 24.5 Å². The van der Waals surface area contributed by atoms with Crippen molar-refractivity contribution in [3.05, 3.63) is 11.6 Å². The highest BCUT2D eigenvalue weighted by Gasteiger charge is 2.77. The molecule has 0 amide bonds. The average molecular weight is 486 g/mol. The second kappa shape index (κ2) is 7.64. The molecular weight excluding hydrogens is 442 g/mol. The van der Waals surface area contributed by atoms with Gasteiger partial charge in [-0.05, 0) is 75.0 Å².